The number of hydrogen-bond acceptors (Lipinski definition) is 3. The molecular weight excluding hydrogens is 234 g/mol. The standard InChI is InChI=1S/C13H21NO2S/c1-5-17(15,16)13-9-7-6-8-12(13)14-11(4)10(2)3/h6-11,14H,5H2,1-4H3. The fraction of sp³-hybridized carbons (Fsp3) is 0.538. The van der Waals surface area contributed by atoms with Crippen molar-refractivity contribution in [3.63, 3.8) is 0 Å². The predicted molar refractivity (Wildman–Crippen MR) is 72.1 cm³/mol. The Bertz CT molecular complexity index is 466. The first-order valence-electron chi connectivity index (χ1n) is 5.96. The van der Waals surface area contributed by atoms with Crippen molar-refractivity contribution < 1.29 is 8.42 Å². The third-order valence-electron chi connectivity index (χ3n) is 2.99. The highest BCUT2D eigenvalue weighted by molar-refractivity contribution is 7.91. The van der Waals surface area contributed by atoms with Gasteiger partial charge >= 0.3 is 0 Å². The largest absolute Gasteiger partial charge is 0.381 e. The van der Waals surface area contributed by atoms with Crippen LogP contribution in [0.4, 0.5) is 5.69 Å². The summed E-state index contributed by atoms with van der Waals surface area (Å²) in [6.07, 6.45) is 0. The Morgan fingerprint density at radius 1 is 1.18 bits per heavy atom. The van der Waals surface area contributed by atoms with Gasteiger partial charge in [-0.05, 0) is 25.0 Å². The summed E-state index contributed by atoms with van der Waals surface area (Å²) in [6.45, 7) is 7.93. The zero-order valence-electron chi connectivity index (χ0n) is 10.9. The van der Waals surface area contributed by atoms with E-state index in [1.165, 1.54) is 0 Å². The number of para-hydroxylation sites is 1. The first kappa shape index (κ1) is 14.0. The normalized spacial score (nSPS) is 13.7. The molecule has 0 fully saturated rings. The maximum Gasteiger partial charge on any atom is 0.180 e. The van der Waals surface area contributed by atoms with Crippen molar-refractivity contribution in [3.8, 4) is 0 Å². The van der Waals surface area contributed by atoms with Crippen LogP contribution in [0.1, 0.15) is 27.7 Å². The molecule has 17 heavy (non-hydrogen) atoms. The van der Waals surface area contributed by atoms with Crippen LogP contribution < -0.4 is 5.32 Å². The van der Waals surface area contributed by atoms with Gasteiger partial charge in [0.15, 0.2) is 9.84 Å². The van der Waals surface area contributed by atoms with E-state index in [0.29, 0.717) is 16.5 Å². The van der Waals surface area contributed by atoms with Crippen molar-refractivity contribution in [2.75, 3.05) is 11.1 Å². The van der Waals surface area contributed by atoms with E-state index >= 15 is 0 Å². The number of hydrogen-bond donors (Lipinski definition) is 1. The maximum atomic E-state index is 11.9. The van der Waals surface area contributed by atoms with E-state index in [1.807, 2.05) is 12.1 Å². The zero-order valence-corrected chi connectivity index (χ0v) is 11.7. The van der Waals surface area contributed by atoms with Gasteiger partial charge in [-0.25, -0.2) is 8.42 Å². The molecule has 0 saturated heterocycles. The van der Waals surface area contributed by atoms with Crippen LogP contribution in [-0.2, 0) is 9.84 Å². The van der Waals surface area contributed by atoms with Crippen LogP contribution in [0.15, 0.2) is 29.2 Å². The smallest absolute Gasteiger partial charge is 0.180 e. The molecule has 0 saturated carbocycles. The first-order valence-corrected chi connectivity index (χ1v) is 7.62. The molecule has 0 aromatic heterocycles. The molecule has 4 heteroatoms. The average Bonchev–Trinajstić information content (AvgIpc) is 2.29. The highest BCUT2D eigenvalue weighted by Crippen LogP contribution is 2.23. The summed E-state index contributed by atoms with van der Waals surface area (Å²) >= 11 is 0. The summed E-state index contributed by atoms with van der Waals surface area (Å²) in [4.78, 5) is 0.398. The van der Waals surface area contributed by atoms with Crippen LogP contribution in [0.3, 0.4) is 0 Å². The molecular formula is C13H21NO2S. The third kappa shape index (κ3) is 3.46. The fourth-order valence-corrected chi connectivity index (χ4v) is 2.48. The van der Waals surface area contributed by atoms with Gasteiger partial charge in [-0.15, -0.1) is 0 Å². The van der Waals surface area contributed by atoms with E-state index in [0.717, 1.165) is 0 Å². The monoisotopic (exact) mass is 255 g/mol. The number of benzene rings is 1. The van der Waals surface area contributed by atoms with Crippen LogP contribution in [0.5, 0.6) is 0 Å². The van der Waals surface area contributed by atoms with E-state index in [9.17, 15) is 8.42 Å². The van der Waals surface area contributed by atoms with Gasteiger partial charge in [-0.1, -0.05) is 32.9 Å². The SMILES string of the molecule is CCS(=O)(=O)c1ccccc1NC(C)C(C)C. The highest BCUT2D eigenvalue weighted by atomic mass is 32.2. The summed E-state index contributed by atoms with van der Waals surface area (Å²) in [5.74, 6) is 0.578. The topological polar surface area (TPSA) is 46.2 Å². The molecule has 0 spiro atoms. The van der Waals surface area contributed by atoms with Crippen molar-refractivity contribution in [3.05, 3.63) is 24.3 Å². The lowest BCUT2D eigenvalue weighted by Crippen LogP contribution is -2.23. The number of rotatable bonds is 5. The molecule has 3 nitrogen and oxygen atoms in total. The Hall–Kier alpha value is -1.03. The third-order valence-corrected chi connectivity index (χ3v) is 4.77. The molecule has 0 aliphatic rings. The summed E-state index contributed by atoms with van der Waals surface area (Å²) in [6, 6.07) is 7.33. The molecule has 96 valence electrons. The van der Waals surface area contributed by atoms with E-state index < -0.39 is 9.84 Å². The van der Waals surface area contributed by atoms with Crippen LogP contribution in [0.25, 0.3) is 0 Å². The minimum absolute atomic E-state index is 0.127. The molecule has 1 aromatic rings. The molecule has 0 amide bonds. The maximum absolute atomic E-state index is 11.9. The minimum atomic E-state index is -3.16. The van der Waals surface area contributed by atoms with E-state index in [4.69, 9.17) is 0 Å². The highest BCUT2D eigenvalue weighted by Gasteiger charge is 2.17. The van der Waals surface area contributed by atoms with Crippen molar-refractivity contribution >= 4 is 15.5 Å². The lowest BCUT2D eigenvalue weighted by molar-refractivity contribution is 0.558. The van der Waals surface area contributed by atoms with Gasteiger partial charge in [0.2, 0.25) is 0 Å². The quantitative estimate of drug-likeness (QED) is 0.880. The van der Waals surface area contributed by atoms with Crippen molar-refractivity contribution in [1.82, 2.24) is 0 Å². The van der Waals surface area contributed by atoms with Crippen molar-refractivity contribution in [2.24, 2.45) is 5.92 Å². The summed E-state index contributed by atoms with van der Waals surface area (Å²) < 4.78 is 23.9. The summed E-state index contributed by atoms with van der Waals surface area (Å²) in [7, 11) is -3.16. The predicted octanol–water partition coefficient (Wildman–Crippen LogP) is 2.94. The molecule has 1 atom stereocenters. The van der Waals surface area contributed by atoms with Gasteiger partial charge in [-0.2, -0.15) is 0 Å². The number of sulfone groups is 1. The zero-order chi connectivity index (χ0) is 13.1. The Morgan fingerprint density at radius 2 is 1.76 bits per heavy atom. The molecule has 1 N–H and O–H groups in total. The van der Waals surface area contributed by atoms with Gasteiger partial charge < -0.3 is 5.32 Å². The second-order valence-electron chi connectivity index (χ2n) is 4.58. The molecule has 0 aliphatic heterocycles. The van der Waals surface area contributed by atoms with Crippen molar-refractivity contribution in [1.29, 1.82) is 0 Å². The Balaban J connectivity index is 3.09. The van der Waals surface area contributed by atoms with Crippen LogP contribution in [0.2, 0.25) is 0 Å². The fourth-order valence-electron chi connectivity index (χ4n) is 1.42. The Labute approximate surface area is 104 Å². The molecule has 1 rings (SSSR count). The number of anilines is 1. The van der Waals surface area contributed by atoms with Crippen LogP contribution >= 0.6 is 0 Å². The van der Waals surface area contributed by atoms with E-state index in [2.05, 4.69) is 26.1 Å². The molecule has 0 bridgehead atoms. The second-order valence-corrected chi connectivity index (χ2v) is 6.82. The molecule has 1 unspecified atom stereocenters. The van der Waals surface area contributed by atoms with Crippen LogP contribution in [0, 0.1) is 5.92 Å². The summed E-state index contributed by atoms with van der Waals surface area (Å²) in [5, 5.41) is 3.27. The van der Waals surface area contributed by atoms with Crippen molar-refractivity contribution in [2.45, 2.75) is 38.6 Å². The Kier molecular flexibility index (Phi) is 4.57. The van der Waals surface area contributed by atoms with E-state index in [1.54, 1.807) is 19.1 Å². The minimum Gasteiger partial charge on any atom is -0.381 e. The van der Waals surface area contributed by atoms with Crippen LogP contribution in [-0.4, -0.2) is 20.2 Å². The summed E-state index contributed by atoms with van der Waals surface area (Å²) in [5.41, 5.74) is 0.704. The van der Waals surface area contributed by atoms with E-state index in [-0.39, 0.29) is 11.8 Å². The Morgan fingerprint density at radius 3 is 2.29 bits per heavy atom. The van der Waals surface area contributed by atoms with Gasteiger partial charge in [0, 0.05) is 6.04 Å². The molecule has 0 heterocycles. The van der Waals surface area contributed by atoms with Gasteiger partial charge in [-0.3, -0.25) is 0 Å². The van der Waals surface area contributed by atoms with Gasteiger partial charge in [0.25, 0.3) is 0 Å². The number of nitrogens with one attached hydrogen (secondary N) is 1. The average molecular weight is 255 g/mol. The first-order chi connectivity index (χ1) is 7.88. The molecule has 0 aliphatic carbocycles. The lowest BCUT2D eigenvalue weighted by atomic mass is 10.1. The molecule has 0 radical (unpaired) electrons. The molecule has 1 aromatic carbocycles. The van der Waals surface area contributed by atoms with Gasteiger partial charge in [0.1, 0.15) is 0 Å². The van der Waals surface area contributed by atoms with Gasteiger partial charge in [0.05, 0.1) is 16.3 Å². The second kappa shape index (κ2) is 5.54. The lowest BCUT2D eigenvalue weighted by Gasteiger charge is -2.20.